The fourth-order valence-corrected chi connectivity index (χ4v) is 5.96. The minimum absolute atomic E-state index is 0.152. The molecule has 0 radical (unpaired) electrons. The lowest BCUT2D eigenvalue weighted by molar-refractivity contribution is 0.228. The van der Waals surface area contributed by atoms with E-state index in [-0.39, 0.29) is 17.6 Å². The SMILES string of the molecule is C[C@H]1Oc2c(cc(C3CNC3)cc2C2CC2)Nc2ncnc(N3CCS(=O)(=O)CC3)c21. The summed E-state index contributed by atoms with van der Waals surface area (Å²) in [6, 6.07) is 4.55. The van der Waals surface area contributed by atoms with Crippen LogP contribution in [0, 0.1) is 0 Å². The van der Waals surface area contributed by atoms with Crippen molar-refractivity contribution < 1.29 is 13.2 Å². The summed E-state index contributed by atoms with van der Waals surface area (Å²) >= 11 is 0. The highest BCUT2D eigenvalue weighted by molar-refractivity contribution is 7.91. The largest absolute Gasteiger partial charge is 0.483 e. The zero-order valence-corrected chi connectivity index (χ0v) is 18.4. The molecule has 164 valence electrons. The molecule has 0 bridgehead atoms. The lowest BCUT2D eigenvalue weighted by Crippen LogP contribution is -2.41. The van der Waals surface area contributed by atoms with E-state index in [1.807, 2.05) is 11.8 Å². The number of nitrogens with zero attached hydrogens (tertiary/aromatic N) is 3. The first kappa shape index (κ1) is 19.3. The molecule has 6 rings (SSSR count). The van der Waals surface area contributed by atoms with Crippen LogP contribution in [-0.4, -0.2) is 56.1 Å². The number of benzene rings is 1. The van der Waals surface area contributed by atoms with Crippen LogP contribution in [0.15, 0.2) is 18.5 Å². The Bertz CT molecular complexity index is 1130. The molecule has 2 N–H and O–H groups in total. The minimum Gasteiger partial charge on any atom is -0.483 e. The van der Waals surface area contributed by atoms with Gasteiger partial charge in [0.1, 0.15) is 29.8 Å². The molecule has 8 nitrogen and oxygen atoms in total. The van der Waals surface area contributed by atoms with Crippen molar-refractivity contribution in [1.29, 1.82) is 0 Å². The highest BCUT2D eigenvalue weighted by Crippen LogP contribution is 2.51. The van der Waals surface area contributed by atoms with Gasteiger partial charge in [0.25, 0.3) is 0 Å². The van der Waals surface area contributed by atoms with Crippen LogP contribution < -0.4 is 20.3 Å². The number of hydrogen-bond acceptors (Lipinski definition) is 8. The fraction of sp³-hybridized carbons (Fsp3) is 0.545. The summed E-state index contributed by atoms with van der Waals surface area (Å²) in [7, 11) is -2.96. The summed E-state index contributed by atoms with van der Waals surface area (Å²) < 4.78 is 30.4. The molecule has 9 heteroatoms. The molecule has 3 aliphatic heterocycles. The molecular weight excluding hydrogens is 414 g/mol. The van der Waals surface area contributed by atoms with Gasteiger partial charge in [0.15, 0.2) is 9.84 Å². The second-order valence-electron chi connectivity index (χ2n) is 9.10. The van der Waals surface area contributed by atoms with Crippen molar-refractivity contribution in [2.45, 2.75) is 37.7 Å². The third-order valence-electron chi connectivity index (χ3n) is 6.87. The molecule has 0 unspecified atom stereocenters. The molecular formula is C22H27N5O3S. The van der Waals surface area contributed by atoms with Gasteiger partial charge in [-0.05, 0) is 42.9 Å². The molecule has 0 spiro atoms. The van der Waals surface area contributed by atoms with E-state index in [0.29, 0.717) is 24.9 Å². The van der Waals surface area contributed by atoms with Crippen molar-refractivity contribution in [2.24, 2.45) is 0 Å². The van der Waals surface area contributed by atoms with Crippen molar-refractivity contribution in [3.05, 3.63) is 35.2 Å². The summed E-state index contributed by atoms with van der Waals surface area (Å²) in [6.07, 6.45) is 3.73. The normalized spacial score (nSPS) is 24.8. The molecule has 1 aliphatic carbocycles. The van der Waals surface area contributed by atoms with Crippen LogP contribution in [0.2, 0.25) is 0 Å². The molecule has 1 atom stereocenters. The van der Waals surface area contributed by atoms with Crippen molar-refractivity contribution >= 4 is 27.2 Å². The number of fused-ring (bicyclic) bond motifs is 2. The second kappa shape index (κ2) is 7.06. The van der Waals surface area contributed by atoms with E-state index in [1.54, 1.807) is 6.33 Å². The maximum absolute atomic E-state index is 11.9. The first-order valence-corrected chi connectivity index (χ1v) is 12.9. The number of sulfone groups is 1. The van der Waals surface area contributed by atoms with Gasteiger partial charge in [-0.3, -0.25) is 0 Å². The van der Waals surface area contributed by atoms with E-state index in [4.69, 9.17) is 4.74 Å². The summed E-state index contributed by atoms with van der Waals surface area (Å²) in [5.41, 5.74) is 4.52. The maximum Gasteiger partial charge on any atom is 0.153 e. The lowest BCUT2D eigenvalue weighted by atomic mass is 9.90. The Morgan fingerprint density at radius 3 is 2.55 bits per heavy atom. The topological polar surface area (TPSA) is 96.4 Å². The molecule has 1 aromatic carbocycles. The summed E-state index contributed by atoms with van der Waals surface area (Å²) in [5.74, 6) is 3.85. The Morgan fingerprint density at radius 1 is 1.10 bits per heavy atom. The third kappa shape index (κ3) is 3.43. The van der Waals surface area contributed by atoms with Crippen LogP contribution in [0.25, 0.3) is 0 Å². The van der Waals surface area contributed by atoms with Crippen LogP contribution in [0.5, 0.6) is 5.75 Å². The first-order valence-electron chi connectivity index (χ1n) is 11.1. The maximum atomic E-state index is 11.9. The number of ether oxygens (including phenoxy) is 1. The Labute approximate surface area is 182 Å². The molecule has 4 heterocycles. The average Bonchev–Trinajstić information content (AvgIpc) is 3.53. The smallest absolute Gasteiger partial charge is 0.153 e. The fourth-order valence-electron chi connectivity index (χ4n) is 4.76. The molecule has 31 heavy (non-hydrogen) atoms. The Kier molecular flexibility index (Phi) is 4.40. The van der Waals surface area contributed by atoms with Gasteiger partial charge in [-0.15, -0.1) is 0 Å². The van der Waals surface area contributed by atoms with Gasteiger partial charge in [-0.2, -0.15) is 0 Å². The van der Waals surface area contributed by atoms with E-state index in [9.17, 15) is 8.42 Å². The molecule has 4 aliphatic rings. The van der Waals surface area contributed by atoms with Gasteiger partial charge in [-0.1, -0.05) is 6.07 Å². The van der Waals surface area contributed by atoms with Crippen LogP contribution in [0.3, 0.4) is 0 Å². The van der Waals surface area contributed by atoms with Gasteiger partial charge >= 0.3 is 0 Å². The van der Waals surface area contributed by atoms with E-state index >= 15 is 0 Å². The van der Waals surface area contributed by atoms with E-state index < -0.39 is 9.84 Å². The van der Waals surface area contributed by atoms with Gasteiger partial charge in [0.05, 0.1) is 22.8 Å². The average molecular weight is 442 g/mol. The van der Waals surface area contributed by atoms with Crippen LogP contribution in [0.1, 0.15) is 54.4 Å². The zero-order valence-electron chi connectivity index (χ0n) is 17.6. The quantitative estimate of drug-likeness (QED) is 0.750. The molecule has 2 saturated heterocycles. The molecule has 2 aromatic rings. The van der Waals surface area contributed by atoms with Gasteiger partial charge in [-0.25, -0.2) is 18.4 Å². The first-order chi connectivity index (χ1) is 15.0. The van der Waals surface area contributed by atoms with Crippen LogP contribution in [0.4, 0.5) is 17.3 Å². The van der Waals surface area contributed by atoms with Gasteiger partial charge in [0.2, 0.25) is 0 Å². The number of aromatic nitrogens is 2. The van der Waals surface area contributed by atoms with Crippen molar-refractivity contribution in [3.8, 4) is 5.75 Å². The van der Waals surface area contributed by atoms with Crippen molar-refractivity contribution in [3.63, 3.8) is 0 Å². The zero-order chi connectivity index (χ0) is 21.2. The number of anilines is 3. The molecule has 1 saturated carbocycles. The molecule has 0 amide bonds. The number of rotatable bonds is 3. The standard InChI is InChI=1S/C22H27N5O3S/c1-13-19-21(24-12-25-22(19)27-4-6-31(28,29)7-5-27)26-18-9-15(16-10-23-11-16)8-17(14-2-3-14)20(18)30-13/h8-9,12-14,16,23H,2-7,10-11H2,1H3,(H,24,25,26)/t13-/m1/s1. The second-order valence-corrected chi connectivity index (χ2v) is 11.4. The van der Waals surface area contributed by atoms with E-state index in [2.05, 4.69) is 32.7 Å². The minimum atomic E-state index is -2.96. The number of nitrogens with one attached hydrogen (secondary N) is 2. The molecule has 1 aromatic heterocycles. The van der Waals surface area contributed by atoms with Crippen LogP contribution in [-0.2, 0) is 9.84 Å². The highest BCUT2D eigenvalue weighted by Gasteiger charge is 2.35. The van der Waals surface area contributed by atoms with Gasteiger partial charge < -0.3 is 20.3 Å². The monoisotopic (exact) mass is 441 g/mol. The Hall–Kier alpha value is -2.39. The predicted molar refractivity (Wildman–Crippen MR) is 119 cm³/mol. The number of hydrogen-bond donors (Lipinski definition) is 2. The van der Waals surface area contributed by atoms with E-state index in [0.717, 1.165) is 41.7 Å². The van der Waals surface area contributed by atoms with Crippen LogP contribution >= 0.6 is 0 Å². The summed E-state index contributed by atoms with van der Waals surface area (Å²) in [6.45, 7) is 4.95. The molecule has 3 fully saturated rings. The highest BCUT2D eigenvalue weighted by atomic mass is 32.2. The Morgan fingerprint density at radius 2 is 1.87 bits per heavy atom. The summed E-state index contributed by atoms with van der Waals surface area (Å²) in [4.78, 5) is 11.1. The lowest BCUT2D eigenvalue weighted by Gasteiger charge is -2.30. The Balaban J connectivity index is 1.41. The summed E-state index contributed by atoms with van der Waals surface area (Å²) in [5, 5.41) is 6.92. The van der Waals surface area contributed by atoms with Crippen molar-refractivity contribution in [1.82, 2.24) is 15.3 Å². The van der Waals surface area contributed by atoms with Crippen molar-refractivity contribution in [2.75, 3.05) is 47.9 Å². The van der Waals surface area contributed by atoms with Gasteiger partial charge in [0, 0.05) is 32.1 Å². The third-order valence-corrected chi connectivity index (χ3v) is 8.48. The van der Waals surface area contributed by atoms with E-state index in [1.165, 1.54) is 24.0 Å². The predicted octanol–water partition coefficient (Wildman–Crippen LogP) is 2.47.